The van der Waals surface area contributed by atoms with Crippen LogP contribution in [0.4, 0.5) is 0 Å². The van der Waals surface area contributed by atoms with E-state index in [2.05, 4.69) is 49.3 Å². The molecule has 0 aliphatic heterocycles. The maximum Gasteiger partial charge on any atom is 0.00100 e. The van der Waals surface area contributed by atoms with Crippen LogP contribution in [0.1, 0.15) is 49.7 Å². The summed E-state index contributed by atoms with van der Waals surface area (Å²) < 4.78 is 0. The average molecular weight is 320 g/mol. The second-order valence-electron chi connectivity index (χ2n) is 7.10. The summed E-state index contributed by atoms with van der Waals surface area (Å²) in [6, 6.07) is 9.16. The SMILES string of the molecule is CN(C)CC/C=C1/c2ccccc2CCC2CCCCC12.Cl. The summed E-state index contributed by atoms with van der Waals surface area (Å²) in [4.78, 5) is 2.29. The Balaban J connectivity index is 0.00000176. The normalized spacial score (nSPS) is 26.0. The minimum atomic E-state index is 0. The van der Waals surface area contributed by atoms with Crippen LogP contribution in [0, 0.1) is 11.8 Å². The number of benzene rings is 1. The number of halogens is 1. The molecular formula is C20H30ClN. The van der Waals surface area contributed by atoms with Gasteiger partial charge in [0.2, 0.25) is 0 Å². The van der Waals surface area contributed by atoms with Crippen LogP contribution >= 0.6 is 12.4 Å². The van der Waals surface area contributed by atoms with Crippen LogP contribution in [-0.4, -0.2) is 25.5 Å². The van der Waals surface area contributed by atoms with Crippen LogP contribution in [-0.2, 0) is 6.42 Å². The molecule has 3 rings (SSSR count). The predicted molar refractivity (Wildman–Crippen MR) is 98.6 cm³/mol. The lowest BCUT2D eigenvalue weighted by Crippen LogP contribution is -2.20. The number of rotatable bonds is 3. The molecule has 2 aliphatic carbocycles. The van der Waals surface area contributed by atoms with Gasteiger partial charge in [-0.25, -0.2) is 0 Å². The first-order valence-corrected chi connectivity index (χ1v) is 8.69. The van der Waals surface area contributed by atoms with Crippen molar-refractivity contribution in [2.24, 2.45) is 11.8 Å². The van der Waals surface area contributed by atoms with Crippen LogP contribution in [0.25, 0.3) is 5.57 Å². The molecule has 0 saturated heterocycles. The Morgan fingerprint density at radius 1 is 1.09 bits per heavy atom. The molecular weight excluding hydrogens is 290 g/mol. The molecule has 1 aromatic rings. The molecule has 1 aromatic carbocycles. The lowest BCUT2D eigenvalue weighted by molar-refractivity contribution is 0.280. The topological polar surface area (TPSA) is 3.24 Å². The van der Waals surface area contributed by atoms with Crippen LogP contribution < -0.4 is 0 Å². The van der Waals surface area contributed by atoms with E-state index in [-0.39, 0.29) is 12.4 Å². The third kappa shape index (κ3) is 3.94. The largest absolute Gasteiger partial charge is 0.309 e. The number of hydrogen-bond donors (Lipinski definition) is 0. The third-order valence-electron chi connectivity index (χ3n) is 5.36. The molecule has 22 heavy (non-hydrogen) atoms. The first kappa shape index (κ1) is 17.6. The third-order valence-corrected chi connectivity index (χ3v) is 5.36. The van der Waals surface area contributed by atoms with E-state index in [4.69, 9.17) is 0 Å². The van der Waals surface area contributed by atoms with Gasteiger partial charge in [0.15, 0.2) is 0 Å². The van der Waals surface area contributed by atoms with Crippen molar-refractivity contribution in [2.75, 3.05) is 20.6 Å². The van der Waals surface area contributed by atoms with Gasteiger partial charge in [-0.3, -0.25) is 0 Å². The molecule has 1 nitrogen and oxygen atoms in total. The van der Waals surface area contributed by atoms with Crippen LogP contribution in [0.2, 0.25) is 0 Å². The zero-order valence-corrected chi connectivity index (χ0v) is 14.9. The highest BCUT2D eigenvalue weighted by atomic mass is 35.5. The fourth-order valence-corrected chi connectivity index (χ4v) is 4.26. The number of aryl methyl sites for hydroxylation is 1. The number of allylic oxidation sites excluding steroid dienone is 1. The Morgan fingerprint density at radius 2 is 1.86 bits per heavy atom. The van der Waals surface area contributed by atoms with Crippen LogP contribution in [0.5, 0.6) is 0 Å². The van der Waals surface area contributed by atoms with Gasteiger partial charge in [-0.2, -0.15) is 0 Å². The standard InChI is InChI=1S/C20H29N.ClH/c1-21(2)15-7-12-20-18-10-5-3-8-16(18)13-14-17-9-4-6-11-19(17)20;/h3,5,8,10,12,17,19H,4,6-7,9,11,13-15H2,1-2H3;1H/b20-12-;. The molecule has 0 bridgehead atoms. The molecule has 1 fully saturated rings. The highest BCUT2D eigenvalue weighted by Crippen LogP contribution is 2.45. The fourth-order valence-electron chi connectivity index (χ4n) is 4.26. The monoisotopic (exact) mass is 319 g/mol. The lowest BCUT2D eigenvalue weighted by atomic mass is 9.73. The minimum absolute atomic E-state index is 0. The number of nitrogens with zero attached hydrogens (tertiary/aromatic N) is 1. The van der Waals surface area contributed by atoms with Gasteiger partial charge in [0.25, 0.3) is 0 Å². The van der Waals surface area contributed by atoms with Gasteiger partial charge in [-0.1, -0.05) is 43.2 Å². The molecule has 0 N–H and O–H groups in total. The molecule has 0 radical (unpaired) electrons. The van der Waals surface area contributed by atoms with Crippen LogP contribution in [0.15, 0.2) is 30.3 Å². The molecule has 2 unspecified atom stereocenters. The Morgan fingerprint density at radius 3 is 2.68 bits per heavy atom. The Bertz CT molecular complexity index is 506. The fraction of sp³-hybridized carbons (Fsp3) is 0.600. The molecule has 1 saturated carbocycles. The number of hydrogen-bond acceptors (Lipinski definition) is 1. The van der Waals surface area contributed by atoms with Gasteiger partial charge < -0.3 is 4.90 Å². The van der Waals surface area contributed by atoms with Gasteiger partial charge in [0, 0.05) is 6.54 Å². The molecule has 0 amide bonds. The van der Waals surface area contributed by atoms with Gasteiger partial charge in [-0.15, -0.1) is 12.4 Å². The zero-order chi connectivity index (χ0) is 14.7. The van der Waals surface area contributed by atoms with Crippen molar-refractivity contribution >= 4 is 18.0 Å². The highest BCUT2D eigenvalue weighted by molar-refractivity contribution is 5.85. The summed E-state index contributed by atoms with van der Waals surface area (Å²) in [7, 11) is 4.34. The maximum absolute atomic E-state index is 2.56. The summed E-state index contributed by atoms with van der Waals surface area (Å²) in [6.07, 6.45) is 12.1. The first-order chi connectivity index (χ1) is 10.3. The van der Waals surface area contributed by atoms with E-state index >= 15 is 0 Å². The Labute approximate surface area is 142 Å². The van der Waals surface area contributed by atoms with E-state index in [1.165, 1.54) is 44.9 Å². The molecule has 0 heterocycles. The van der Waals surface area contributed by atoms with Crippen LogP contribution in [0.3, 0.4) is 0 Å². The Kier molecular flexibility index (Phi) is 6.52. The number of fused-ring (bicyclic) bond motifs is 2. The van der Waals surface area contributed by atoms with E-state index < -0.39 is 0 Å². The van der Waals surface area contributed by atoms with Crippen molar-refractivity contribution in [1.82, 2.24) is 4.90 Å². The van der Waals surface area contributed by atoms with Crippen molar-refractivity contribution in [3.63, 3.8) is 0 Å². The van der Waals surface area contributed by atoms with Crippen molar-refractivity contribution in [2.45, 2.75) is 44.9 Å². The summed E-state index contributed by atoms with van der Waals surface area (Å²) >= 11 is 0. The summed E-state index contributed by atoms with van der Waals surface area (Å²) in [5.74, 6) is 1.75. The smallest absolute Gasteiger partial charge is 0.00100 e. The second-order valence-corrected chi connectivity index (χ2v) is 7.10. The van der Waals surface area contributed by atoms with Crippen molar-refractivity contribution in [1.29, 1.82) is 0 Å². The molecule has 0 aromatic heterocycles. The van der Waals surface area contributed by atoms with E-state index in [9.17, 15) is 0 Å². The minimum Gasteiger partial charge on any atom is -0.309 e. The molecule has 2 aliphatic rings. The quantitative estimate of drug-likeness (QED) is 0.740. The van der Waals surface area contributed by atoms with Gasteiger partial charge in [0.1, 0.15) is 0 Å². The molecule has 2 heteroatoms. The van der Waals surface area contributed by atoms with Gasteiger partial charge in [0.05, 0.1) is 0 Å². The summed E-state index contributed by atoms with van der Waals surface area (Å²) in [6.45, 7) is 1.16. The maximum atomic E-state index is 2.56. The van der Waals surface area contributed by atoms with Crippen molar-refractivity contribution in [3.8, 4) is 0 Å². The zero-order valence-electron chi connectivity index (χ0n) is 14.1. The summed E-state index contributed by atoms with van der Waals surface area (Å²) in [5, 5.41) is 0. The van der Waals surface area contributed by atoms with Crippen molar-refractivity contribution in [3.05, 3.63) is 41.5 Å². The van der Waals surface area contributed by atoms with E-state index in [1.807, 2.05) is 0 Å². The predicted octanol–water partition coefficient (Wildman–Crippen LogP) is 5.20. The summed E-state index contributed by atoms with van der Waals surface area (Å²) in [5.41, 5.74) is 4.82. The first-order valence-electron chi connectivity index (χ1n) is 8.69. The van der Waals surface area contributed by atoms with Gasteiger partial charge in [-0.05, 0) is 74.7 Å². The van der Waals surface area contributed by atoms with E-state index in [1.54, 1.807) is 16.7 Å². The van der Waals surface area contributed by atoms with E-state index in [0.29, 0.717) is 0 Å². The Hall–Kier alpha value is -0.790. The molecule has 0 spiro atoms. The average Bonchev–Trinajstić information content (AvgIpc) is 2.65. The lowest BCUT2D eigenvalue weighted by Gasteiger charge is -2.32. The van der Waals surface area contributed by atoms with Crippen molar-refractivity contribution < 1.29 is 0 Å². The molecule has 122 valence electrons. The van der Waals surface area contributed by atoms with E-state index in [0.717, 1.165) is 18.4 Å². The molecule has 2 atom stereocenters. The highest BCUT2D eigenvalue weighted by Gasteiger charge is 2.31. The second kappa shape index (κ2) is 8.17. The van der Waals surface area contributed by atoms with Gasteiger partial charge >= 0.3 is 0 Å².